The summed E-state index contributed by atoms with van der Waals surface area (Å²) in [5, 5.41) is 7.20. The van der Waals surface area contributed by atoms with Gasteiger partial charge >= 0.3 is 0 Å². The van der Waals surface area contributed by atoms with Crippen LogP contribution in [0.5, 0.6) is 0 Å². The predicted octanol–water partition coefficient (Wildman–Crippen LogP) is 0.627. The van der Waals surface area contributed by atoms with Gasteiger partial charge in [0.2, 0.25) is 0 Å². The molecular formula is C9H15N5. The number of nitrogens with one attached hydrogen (secondary N) is 1. The van der Waals surface area contributed by atoms with Gasteiger partial charge in [-0.15, -0.1) is 0 Å². The zero-order valence-electron chi connectivity index (χ0n) is 8.44. The number of nitrogens with two attached hydrogens (primary N) is 1. The average Bonchev–Trinajstić information content (AvgIpc) is 2.17. The summed E-state index contributed by atoms with van der Waals surface area (Å²) in [6, 6.07) is 0.157. The van der Waals surface area contributed by atoms with Crippen molar-refractivity contribution < 1.29 is 0 Å². The summed E-state index contributed by atoms with van der Waals surface area (Å²) in [6.45, 7) is 2.00. The van der Waals surface area contributed by atoms with Crippen molar-refractivity contribution in [1.29, 1.82) is 5.41 Å². The molecular weight excluding hydrogens is 178 g/mol. The van der Waals surface area contributed by atoms with Gasteiger partial charge in [0.1, 0.15) is 5.82 Å². The van der Waals surface area contributed by atoms with E-state index in [-0.39, 0.29) is 11.9 Å². The molecule has 0 saturated carbocycles. The maximum Gasteiger partial charge on any atom is 0.147 e. The van der Waals surface area contributed by atoms with E-state index in [0.29, 0.717) is 6.42 Å². The highest BCUT2D eigenvalue weighted by Crippen LogP contribution is 2.10. The zero-order valence-corrected chi connectivity index (χ0v) is 8.44. The third-order valence-electron chi connectivity index (χ3n) is 2.09. The number of amidine groups is 1. The Morgan fingerprint density at radius 2 is 2.36 bits per heavy atom. The van der Waals surface area contributed by atoms with Crippen molar-refractivity contribution in [1.82, 2.24) is 9.97 Å². The normalized spacial score (nSPS) is 12.1. The molecule has 1 heterocycles. The molecule has 1 atom stereocenters. The van der Waals surface area contributed by atoms with E-state index in [1.807, 2.05) is 18.9 Å². The quantitative estimate of drug-likeness (QED) is 0.543. The maximum atomic E-state index is 7.20. The van der Waals surface area contributed by atoms with Crippen LogP contribution in [0.1, 0.15) is 13.3 Å². The molecule has 5 nitrogen and oxygen atoms in total. The average molecular weight is 193 g/mol. The Hall–Kier alpha value is -1.65. The minimum atomic E-state index is 0.157. The molecule has 1 rings (SSSR count). The molecule has 5 heteroatoms. The molecule has 0 fully saturated rings. The molecule has 1 aromatic heterocycles. The van der Waals surface area contributed by atoms with E-state index in [9.17, 15) is 0 Å². The number of hydrogen-bond donors (Lipinski definition) is 2. The van der Waals surface area contributed by atoms with Crippen LogP contribution in [0.3, 0.4) is 0 Å². The lowest BCUT2D eigenvalue weighted by Crippen LogP contribution is -2.33. The van der Waals surface area contributed by atoms with Crippen LogP contribution < -0.4 is 10.6 Å². The van der Waals surface area contributed by atoms with Crippen LogP contribution in [0.4, 0.5) is 5.82 Å². The van der Waals surface area contributed by atoms with Gasteiger partial charge in [0.05, 0.1) is 12.0 Å². The molecule has 14 heavy (non-hydrogen) atoms. The summed E-state index contributed by atoms with van der Waals surface area (Å²) in [6.07, 6.45) is 5.50. The Morgan fingerprint density at radius 3 is 2.86 bits per heavy atom. The van der Waals surface area contributed by atoms with E-state index in [0.717, 1.165) is 5.82 Å². The Morgan fingerprint density at radius 1 is 1.64 bits per heavy atom. The summed E-state index contributed by atoms with van der Waals surface area (Å²) in [7, 11) is 1.91. The van der Waals surface area contributed by atoms with E-state index < -0.39 is 0 Å². The Labute approximate surface area is 83.5 Å². The SMILES string of the molecule is CC(CC(=N)N)N(C)c1cnccn1. The van der Waals surface area contributed by atoms with Crippen molar-refractivity contribution in [3.63, 3.8) is 0 Å². The summed E-state index contributed by atoms with van der Waals surface area (Å²) in [5.74, 6) is 0.981. The number of aromatic nitrogens is 2. The number of nitrogens with zero attached hydrogens (tertiary/aromatic N) is 3. The van der Waals surface area contributed by atoms with Crippen molar-refractivity contribution in [3.8, 4) is 0 Å². The molecule has 1 aromatic rings. The molecule has 0 aromatic carbocycles. The van der Waals surface area contributed by atoms with Crippen LogP contribution in [0.25, 0.3) is 0 Å². The molecule has 0 aliphatic heterocycles. The number of hydrogen-bond acceptors (Lipinski definition) is 4. The van der Waals surface area contributed by atoms with E-state index in [1.54, 1.807) is 18.6 Å². The van der Waals surface area contributed by atoms with Crippen LogP contribution in [-0.4, -0.2) is 28.9 Å². The fourth-order valence-electron chi connectivity index (χ4n) is 1.15. The molecule has 0 amide bonds. The van der Waals surface area contributed by atoms with Gasteiger partial charge in [0, 0.05) is 31.9 Å². The van der Waals surface area contributed by atoms with E-state index in [1.165, 1.54) is 0 Å². The summed E-state index contributed by atoms with van der Waals surface area (Å²) in [4.78, 5) is 10.1. The fraction of sp³-hybridized carbons (Fsp3) is 0.444. The smallest absolute Gasteiger partial charge is 0.147 e. The molecule has 0 aliphatic carbocycles. The third kappa shape index (κ3) is 2.69. The molecule has 3 N–H and O–H groups in total. The summed E-state index contributed by atoms with van der Waals surface area (Å²) >= 11 is 0. The Bertz CT molecular complexity index is 297. The molecule has 76 valence electrons. The van der Waals surface area contributed by atoms with Crippen LogP contribution in [0.15, 0.2) is 18.6 Å². The van der Waals surface area contributed by atoms with Gasteiger partial charge in [0.15, 0.2) is 0 Å². The second kappa shape index (κ2) is 4.55. The van der Waals surface area contributed by atoms with Gasteiger partial charge in [-0.25, -0.2) is 4.98 Å². The zero-order chi connectivity index (χ0) is 10.6. The number of anilines is 1. The number of rotatable bonds is 4. The van der Waals surface area contributed by atoms with Gasteiger partial charge in [-0.1, -0.05) is 0 Å². The highest BCUT2D eigenvalue weighted by molar-refractivity contribution is 5.77. The Kier molecular flexibility index (Phi) is 3.39. The van der Waals surface area contributed by atoms with E-state index in [2.05, 4.69) is 9.97 Å². The first-order chi connectivity index (χ1) is 6.61. The lowest BCUT2D eigenvalue weighted by Gasteiger charge is -2.24. The third-order valence-corrected chi connectivity index (χ3v) is 2.09. The van der Waals surface area contributed by atoms with E-state index in [4.69, 9.17) is 11.1 Å². The van der Waals surface area contributed by atoms with Crippen LogP contribution in [-0.2, 0) is 0 Å². The van der Waals surface area contributed by atoms with Crippen molar-refractivity contribution in [3.05, 3.63) is 18.6 Å². The first kappa shape index (κ1) is 10.4. The maximum absolute atomic E-state index is 7.20. The van der Waals surface area contributed by atoms with Gasteiger partial charge < -0.3 is 10.6 Å². The van der Waals surface area contributed by atoms with Crippen molar-refractivity contribution in [2.24, 2.45) is 5.73 Å². The van der Waals surface area contributed by atoms with Gasteiger partial charge in [-0.2, -0.15) is 0 Å². The summed E-state index contributed by atoms with van der Waals surface area (Å²) < 4.78 is 0. The minimum absolute atomic E-state index is 0.157. The predicted molar refractivity (Wildman–Crippen MR) is 56.4 cm³/mol. The topological polar surface area (TPSA) is 78.9 Å². The summed E-state index contributed by atoms with van der Waals surface area (Å²) in [5.41, 5.74) is 5.33. The first-order valence-corrected chi connectivity index (χ1v) is 4.43. The highest BCUT2D eigenvalue weighted by atomic mass is 15.2. The van der Waals surface area contributed by atoms with Gasteiger partial charge in [-0.05, 0) is 6.92 Å². The van der Waals surface area contributed by atoms with Crippen LogP contribution in [0.2, 0.25) is 0 Å². The fourth-order valence-corrected chi connectivity index (χ4v) is 1.15. The molecule has 0 spiro atoms. The molecule has 1 unspecified atom stereocenters. The Balaban J connectivity index is 2.65. The van der Waals surface area contributed by atoms with Crippen LogP contribution in [0, 0.1) is 5.41 Å². The monoisotopic (exact) mass is 193 g/mol. The molecule has 0 saturated heterocycles. The van der Waals surface area contributed by atoms with E-state index >= 15 is 0 Å². The first-order valence-electron chi connectivity index (χ1n) is 4.43. The molecule has 0 aliphatic rings. The largest absolute Gasteiger partial charge is 0.388 e. The van der Waals surface area contributed by atoms with Gasteiger partial charge in [0.25, 0.3) is 0 Å². The van der Waals surface area contributed by atoms with Crippen molar-refractivity contribution in [2.75, 3.05) is 11.9 Å². The second-order valence-electron chi connectivity index (χ2n) is 3.25. The minimum Gasteiger partial charge on any atom is -0.388 e. The molecule has 0 radical (unpaired) electrons. The second-order valence-corrected chi connectivity index (χ2v) is 3.25. The molecule has 0 bridgehead atoms. The standard InChI is InChI=1S/C9H15N5/c1-7(5-8(10)11)14(2)9-6-12-3-4-13-9/h3-4,6-7H,5H2,1-2H3,(H3,10,11). The highest BCUT2D eigenvalue weighted by Gasteiger charge is 2.11. The van der Waals surface area contributed by atoms with Crippen molar-refractivity contribution >= 4 is 11.7 Å². The van der Waals surface area contributed by atoms with Crippen LogP contribution >= 0.6 is 0 Å². The lowest BCUT2D eigenvalue weighted by molar-refractivity contribution is 0.698. The van der Waals surface area contributed by atoms with Crippen molar-refractivity contribution in [2.45, 2.75) is 19.4 Å². The lowest BCUT2D eigenvalue weighted by atomic mass is 10.2. The van der Waals surface area contributed by atoms with Gasteiger partial charge in [-0.3, -0.25) is 10.4 Å².